The fraction of sp³-hybridized carbons (Fsp3) is 0.133. The van der Waals surface area contributed by atoms with E-state index < -0.39 is 37.3 Å². The number of hydrogen-bond acceptors (Lipinski definition) is 5. The Kier molecular flexibility index (Phi) is 5.66. The van der Waals surface area contributed by atoms with Gasteiger partial charge in [0.15, 0.2) is 4.90 Å². The smallest absolute Gasteiger partial charge is 0.279 e. The van der Waals surface area contributed by atoms with Crippen LogP contribution in [0.15, 0.2) is 47.4 Å². The lowest BCUT2D eigenvalue weighted by molar-refractivity contribution is -0.387. The van der Waals surface area contributed by atoms with Crippen LogP contribution in [-0.4, -0.2) is 25.1 Å². The quantitative estimate of drug-likeness (QED) is 0.418. The van der Waals surface area contributed by atoms with Crippen molar-refractivity contribution in [2.24, 2.45) is 0 Å². The summed E-state index contributed by atoms with van der Waals surface area (Å²) in [7, 11) is -4.41. The normalized spacial score (nSPS) is 11.2. The van der Waals surface area contributed by atoms with Crippen LogP contribution in [-0.2, 0) is 14.8 Å². The first-order chi connectivity index (χ1) is 11.6. The second-order valence-corrected chi connectivity index (χ2v) is 7.68. The molecule has 25 heavy (non-hydrogen) atoms. The minimum Gasteiger partial charge on any atom is -0.279 e. The van der Waals surface area contributed by atoms with Gasteiger partial charge < -0.3 is 0 Å². The van der Waals surface area contributed by atoms with E-state index >= 15 is 0 Å². The van der Waals surface area contributed by atoms with Crippen LogP contribution in [0.25, 0.3) is 0 Å². The van der Waals surface area contributed by atoms with Gasteiger partial charge in [0.2, 0.25) is 5.24 Å². The first-order valence-corrected chi connectivity index (χ1v) is 9.05. The van der Waals surface area contributed by atoms with Gasteiger partial charge in [-0.25, -0.2) is 8.42 Å². The lowest BCUT2D eigenvalue weighted by Gasteiger charge is -2.23. The van der Waals surface area contributed by atoms with Gasteiger partial charge in [0.05, 0.1) is 10.6 Å². The summed E-state index contributed by atoms with van der Waals surface area (Å²) in [5, 5.41) is 10.6. The number of halogens is 2. The number of para-hydroxylation sites is 1. The fourth-order valence-electron chi connectivity index (χ4n) is 2.16. The zero-order chi connectivity index (χ0) is 18.8. The van der Waals surface area contributed by atoms with Crippen LogP contribution in [0.1, 0.15) is 5.56 Å². The maximum Gasteiger partial charge on any atom is 0.289 e. The second kappa shape index (κ2) is 7.38. The summed E-state index contributed by atoms with van der Waals surface area (Å²) >= 11 is 11.3. The number of nitro groups is 1. The monoisotopic (exact) mass is 402 g/mol. The maximum absolute atomic E-state index is 13.0. The topological polar surface area (TPSA) is 97.6 Å². The molecule has 2 aromatic carbocycles. The van der Waals surface area contributed by atoms with Crippen molar-refractivity contribution in [1.82, 2.24) is 0 Å². The lowest BCUT2D eigenvalue weighted by atomic mass is 10.2. The Morgan fingerprint density at radius 1 is 1.24 bits per heavy atom. The van der Waals surface area contributed by atoms with Crippen molar-refractivity contribution < 1.29 is 18.1 Å². The molecule has 0 atom stereocenters. The molecule has 0 amide bonds. The molecule has 10 heteroatoms. The Bertz CT molecular complexity index is 947. The molecule has 7 nitrogen and oxygen atoms in total. The van der Waals surface area contributed by atoms with Crippen LogP contribution < -0.4 is 4.31 Å². The number of sulfonamides is 1. The van der Waals surface area contributed by atoms with Gasteiger partial charge in [-0.15, -0.1) is 0 Å². The van der Waals surface area contributed by atoms with E-state index in [4.69, 9.17) is 23.2 Å². The van der Waals surface area contributed by atoms with Gasteiger partial charge >= 0.3 is 0 Å². The molecule has 0 aromatic heterocycles. The third-order valence-electron chi connectivity index (χ3n) is 3.33. The molecule has 0 spiro atoms. The molecule has 0 unspecified atom stereocenters. The van der Waals surface area contributed by atoms with Crippen molar-refractivity contribution in [1.29, 1.82) is 0 Å². The van der Waals surface area contributed by atoms with Crippen molar-refractivity contribution in [2.75, 3.05) is 10.8 Å². The molecule has 0 aliphatic heterocycles. The predicted octanol–water partition coefficient (Wildman–Crippen LogP) is 3.52. The highest BCUT2D eigenvalue weighted by atomic mass is 35.5. The Morgan fingerprint density at radius 2 is 1.88 bits per heavy atom. The number of benzene rings is 2. The van der Waals surface area contributed by atoms with Crippen molar-refractivity contribution >= 4 is 49.8 Å². The molecule has 0 radical (unpaired) electrons. The fourth-order valence-corrected chi connectivity index (χ4v) is 4.04. The molecular weight excluding hydrogens is 391 g/mol. The van der Waals surface area contributed by atoms with Crippen LogP contribution in [0.3, 0.4) is 0 Å². The summed E-state index contributed by atoms with van der Waals surface area (Å²) in [6, 6.07) is 9.18. The van der Waals surface area contributed by atoms with E-state index in [1.54, 1.807) is 6.92 Å². The first-order valence-electron chi connectivity index (χ1n) is 6.85. The standard InChI is InChI=1S/C15H12Cl2N2O5S/c1-10-8-11(6-7-12(10)16)18(9-15(17)20)25(23,24)14-5-3-2-4-13(14)19(21)22/h2-8H,9H2,1H3. The molecule has 0 N–H and O–H groups in total. The van der Waals surface area contributed by atoms with Gasteiger partial charge in [-0.3, -0.25) is 19.2 Å². The number of rotatable bonds is 6. The molecule has 2 aromatic rings. The third kappa shape index (κ3) is 4.09. The number of aryl methyl sites for hydroxylation is 1. The summed E-state index contributed by atoms with van der Waals surface area (Å²) in [5.41, 5.74) is 0.0956. The summed E-state index contributed by atoms with van der Waals surface area (Å²) in [4.78, 5) is 21.2. The Hall–Kier alpha value is -2.16. The molecule has 0 aliphatic carbocycles. The number of carbonyl (C=O) groups excluding carboxylic acids is 1. The zero-order valence-corrected chi connectivity index (χ0v) is 15.2. The molecule has 0 aliphatic rings. The van der Waals surface area contributed by atoms with Crippen molar-refractivity contribution in [3.63, 3.8) is 0 Å². The SMILES string of the molecule is Cc1cc(N(CC(=O)Cl)S(=O)(=O)c2ccccc2[N+](=O)[O-])ccc1Cl. The summed E-state index contributed by atoms with van der Waals surface area (Å²) in [6.45, 7) is 0.973. The molecule has 0 saturated heterocycles. The Labute approximate surface area is 154 Å². The van der Waals surface area contributed by atoms with E-state index in [0.717, 1.165) is 12.1 Å². The van der Waals surface area contributed by atoms with Crippen LogP contribution >= 0.6 is 23.2 Å². The van der Waals surface area contributed by atoms with E-state index in [1.807, 2.05) is 0 Å². The lowest BCUT2D eigenvalue weighted by Crippen LogP contribution is -2.35. The molecule has 0 heterocycles. The number of carbonyl (C=O) groups is 1. The molecule has 0 fully saturated rings. The number of nitro benzene ring substituents is 1. The van der Waals surface area contributed by atoms with Gasteiger partial charge in [-0.05, 0) is 48.4 Å². The molecule has 132 valence electrons. The van der Waals surface area contributed by atoms with Gasteiger partial charge in [0.1, 0.15) is 6.54 Å². The highest BCUT2D eigenvalue weighted by Gasteiger charge is 2.32. The van der Waals surface area contributed by atoms with Crippen LogP contribution in [0.5, 0.6) is 0 Å². The number of hydrogen-bond donors (Lipinski definition) is 0. The average molecular weight is 403 g/mol. The van der Waals surface area contributed by atoms with Crippen molar-refractivity contribution in [2.45, 2.75) is 11.8 Å². The van der Waals surface area contributed by atoms with E-state index in [0.29, 0.717) is 14.9 Å². The summed E-state index contributed by atoms with van der Waals surface area (Å²) < 4.78 is 26.7. The largest absolute Gasteiger partial charge is 0.289 e. The van der Waals surface area contributed by atoms with Gasteiger partial charge in [-0.2, -0.15) is 0 Å². The van der Waals surface area contributed by atoms with Crippen LogP contribution in [0, 0.1) is 17.0 Å². The van der Waals surface area contributed by atoms with E-state index in [-0.39, 0.29) is 5.69 Å². The summed E-state index contributed by atoms with van der Waals surface area (Å²) in [5.74, 6) is 0. The van der Waals surface area contributed by atoms with Gasteiger partial charge in [0, 0.05) is 11.1 Å². The van der Waals surface area contributed by atoms with E-state index in [2.05, 4.69) is 0 Å². The molecule has 2 rings (SSSR count). The number of nitrogens with zero attached hydrogens (tertiary/aromatic N) is 2. The van der Waals surface area contributed by atoms with Gasteiger partial charge in [0.25, 0.3) is 15.7 Å². The maximum atomic E-state index is 13.0. The third-order valence-corrected chi connectivity index (χ3v) is 5.69. The van der Waals surface area contributed by atoms with E-state index in [9.17, 15) is 23.3 Å². The minimum absolute atomic E-state index is 0.119. The Morgan fingerprint density at radius 3 is 2.44 bits per heavy atom. The number of anilines is 1. The van der Waals surface area contributed by atoms with Crippen LogP contribution in [0.4, 0.5) is 11.4 Å². The predicted molar refractivity (Wildman–Crippen MR) is 94.7 cm³/mol. The highest BCUT2D eigenvalue weighted by molar-refractivity contribution is 7.93. The van der Waals surface area contributed by atoms with Crippen molar-refractivity contribution in [3.8, 4) is 0 Å². The van der Waals surface area contributed by atoms with E-state index in [1.165, 1.54) is 30.3 Å². The molecular formula is C15H12Cl2N2O5S. The zero-order valence-electron chi connectivity index (χ0n) is 12.8. The minimum atomic E-state index is -4.41. The second-order valence-electron chi connectivity index (χ2n) is 5.03. The first kappa shape index (κ1) is 19.2. The average Bonchev–Trinajstić information content (AvgIpc) is 2.55. The van der Waals surface area contributed by atoms with Gasteiger partial charge in [-0.1, -0.05) is 23.7 Å². The summed E-state index contributed by atoms with van der Waals surface area (Å²) in [6.07, 6.45) is 0. The van der Waals surface area contributed by atoms with Crippen molar-refractivity contribution in [3.05, 3.63) is 63.2 Å². The Balaban J connectivity index is 2.67. The molecule has 0 saturated carbocycles. The highest BCUT2D eigenvalue weighted by Crippen LogP contribution is 2.31. The van der Waals surface area contributed by atoms with Crippen LogP contribution in [0.2, 0.25) is 5.02 Å². The molecule has 0 bridgehead atoms.